The monoisotopic (exact) mass is 300 g/mol. The molecule has 0 heterocycles. The molecule has 1 rings (SSSR count). The van der Waals surface area contributed by atoms with Gasteiger partial charge in [-0.1, -0.05) is 23.2 Å². The van der Waals surface area contributed by atoms with Gasteiger partial charge in [0.15, 0.2) is 0 Å². The molecule has 1 amide bonds. The Hall–Kier alpha value is -1.14. The first kappa shape index (κ1) is 14.9. The summed E-state index contributed by atoms with van der Waals surface area (Å²) < 4.78 is 35.6. The van der Waals surface area contributed by atoms with E-state index in [2.05, 4.69) is 5.32 Å². The van der Waals surface area contributed by atoms with Gasteiger partial charge >= 0.3 is 6.18 Å². The predicted octanol–water partition coefficient (Wildman–Crippen LogP) is 3.26. The highest BCUT2D eigenvalue weighted by Gasteiger charge is 2.26. The normalized spacial score (nSPS) is 11.4. The molecule has 0 bridgehead atoms. The highest BCUT2D eigenvalue weighted by molar-refractivity contribution is 6.43. The summed E-state index contributed by atoms with van der Waals surface area (Å²) >= 11 is 11.4. The van der Waals surface area contributed by atoms with Gasteiger partial charge in [-0.25, -0.2) is 0 Å². The van der Waals surface area contributed by atoms with Crippen LogP contribution in [0.15, 0.2) is 12.1 Å². The molecule has 8 heteroatoms. The third-order valence-corrected chi connectivity index (χ3v) is 2.83. The SMILES string of the molecule is Nc1cc(C(=O)NCCC(F)(F)F)cc(Cl)c1Cl. The van der Waals surface area contributed by atoms with Crippen molar-refractivity contribution in [3.8, 4) is 0 Å². The average Bonchev–Trinajstić information content (AvgIpc) is 2.23. The molecule has 0 saturated carbocycles. The molecule has 0 aromatic heterocycles. The topological polar surface area (TPSA) is 55.1 Å². The Balaban J connectivity index is 2.68. The van der Waals surface area contributed by atoms with Crippen LogP contribution in [0.3, 0.4) is 0 Å². The number of carbonyl (C=O) groups excluding carboxylic acids is 1. The molecule has 0 fully saturated rings. The maximum Gasteiger partial charge on any atom is 0.390 e. The minimum Gasteiger partial charge on any atom is -0.397 e. The van der Waals surface area contributed by atoms with E-state index in [4.69, 9.17) is 28.9 Å². The molecule has 1 aromatic carbocycles. The van der Waals surface area contributed by atoms with Crippen molar-refractivity contribution in [3.63, 3.8) is 0 Å². The van der Waals surface area contributed by atoms with Gasteiger partial charge in [0.05, 0.1) is 22.2 Å². The zero-order chi connectivity index (χ0) is 13.9. The lowest BCUT2D eigenvalue weighted by atomic mass is 10.2. The highest BCUT2D eigenvalue weighted by atomic mass is 35.5. The molecule has 0 aliphatic carbocycles. The summed E-state index contributed by atoms with van der Waals surface area (Å²) in [6.45, 7) is -0.511. The van der Waals surface area contributed by atoms with Crippen LogP contribution in [0.2, 0.25) is 10.0 Å². The lowest BCUT2D eigenvalue weighted by Gasteiger charge is -2.09. The molecule has 0 aliphatic rings. The number of anilines is 1. The summed E-state index contributed by atoms with van der Waals surface area (Å²) in [5.41, 5.74) is 5.63. The second-order valence-corrected chi connectivity index (χ2v) is 4.27. The second kappa shape index (κ2) is 5.67. The minimum absolute atomic E-state index is 0.0593. The lowest BCUT2D eigenvalue weighted by Crippen LogP contribution is -2.28. The Labute approximate surface area is 111 Å². The van der Waals surface area contributed by atoms with E-state index in [0.29, 0.717) is 0 Å². The maximum absolute atomic E-state index is 11.9. The van der Waals surface area contributed by atoms with E-state index in [1.165, 1.54) is 12.1 Å². The van der Waals surface area contributed by atoms with Crippen LogP contribution in [0, 0.1) is 0 Å². The fraction of sp³-hybridized carbons (Fsp3) is 0.300. The number of nitrogens with one attached hydrogen (secondary N) is 1. The first-order valence-electron chi connectivity index (χ1n) is 4.80. The molecule has 0 spiro atoms. The van der Waals surface area contributed by atoms with Crippen LogP contribution >= 0.6 is 23.2 Å². The fourth-order valence-electron chi connectivity index (χ4n) is 1.16. The zero-order valence-corrected chi connectivity index (χ0v) is 10.5. The van der Waals surface area contributed by atoms with Crippen LogP contribution in [-0.2, 0) is 0 Å². The van der Waals surface area contributed by atoms with Gasteiger partial charge in [-0.05, 0) is 12.1 Å². The standard InChI is InChI=1S/C10H9Cl2F3N2O/c11-6-3-5(4-7(16)8(6)12)9(18)17-2-1-10(13,14)15/h3-4H,1-2,16H2,(H,17,18). The van der Waals surface area contributed by atoms with Crippen molar-refractivity contribution in [1.29, 1.82) is 0 Å². The van der Waals surface area contributed by atoms with Crippen LogP contribution in [0.4, 0.5) is 18.9 Å². The van der Waals surface area contributed by atoms with Gasteiger partial charge in [-0.15, -0.1) is 0 Å². The van der Waals surface area contributed by atoms with Crippen LogP contribution in [-0.4, -0.2) is 18.6 Å². The molecule has 0 radical (unpaired) electrons. The minimum atomic E-state index is -4.32. The Bertz CT molecular complexity index is 440. The number of rotatable bonds is 3. The summed E-state index contributed by atoms with van der Waals surface area (Å²) in [5.74, 6) is -0.690. The van der Waals surface area contributed by atoms with Gasteiger partial charge in [-0.3, -0.25) is 4.79 Å². The Kier molecular flexibility index (Phi) is 4.70. The number of hydrogen-bond acceptors (Lipinski definition) is 2. The van der Waals surface area contributed by atoms with E-state index in [-0.39, 0.29) is 21.3 Å². The highest BCUT2D eigenvalue weighted by Crippen LogP contribution is 2.29. The first-order chi connectivity index (χ1) is 8.20. The summed E-state index contributed by atoms with van der Waals surface area (Å²) in [6.07, 6.45) is -5.42. The van der Waals surface area contributed by atoms with Crippen molar-refractivity contribution in [1.82, 2.24) is 5.32 Å². The molecule has 0 saturated heterocycles. The van der Waals surface area contributed by atoms with Gasteiger partial charge in [0, 0.05) is 12.1 Å². The van der Waals surface area contributed by atoms with Crippen LogP contribution in [0.5, 0.6) is 0 Å². The number of carbonyl (C=O) groups is 1. The Morgan fingerprint density at radius 3 is 2.44 bits per heavy atom. The molecule has 0 unspecified atom stereocenters. The molecular formula is C10H9Cl2F3N2O. The predicted molar refractivity (Wildman–Crippen MR) is 63.9 cm³/mol. The molecular weight excluding hydrogens is 292 g/mol. The number of benzene rings is 1. The Morgan fingerprint density at radius 1 is 1.33 bits per heavy atom. The summed E-state index contributed by atoms with van der Waals surface area (Å²) in [5, 5.41) is 2.28. The second-order valence-electron chi connectivity index (χ2n) is 3.48. The van der Waals surface area contributed by atoms with E-state index < -0.39 is 25.0 Å². The Morgan fingerprint density at radius 2 is 1.94 bits per heavy atom. The summed E-state index contributed by atoms with van der Waals surface area (Å²) in [4.78, 5) is 11.5. The number of halogens is 5. The first-order valence-corrected chi connectivity index (χ1v) is 5.56. The maximum atomic E-state index is 11.9. The van der Waals surface area contributed by atoms with Gasteiger partial charge in [0.25, 0.3) is 5.91 Å². The van der Waals surface area contributed by atoms with Crippen LogP contribution in [0.1, 0.15) is 16.8 Å². The average molecular weight is 301 g/mol. The van der Waals surface area contributed by atoms with Gasteiger partial charge in [0.2, 0.25) is 0 Å². The molecule has 1 aromatic rings. The van der Waals surface area contributed by atoms with E-state index >= 15 is 0 Å². The number of hydrogen-bond donors (Lipinski definition) is 2. The smallest absolute Gasteiger partial charge is 0.390 e. The quantitative estimate of drug-likeness (QED) is 0.842. The molecule has 0 aliphatic heterocycles. The molecule has 100 valence electrons. The van der Waals surface area contributed by atoms with Crippen molar-refractivity contribution in [2.24, 2.45) is 0 Å². The number of alkyl halides is 3. The third kappa shape index (κ3) is 4.27. The van der Waals surface area contributed by atoms with E-state index in [1.54, 1.807) is 0 Å². The van der Waals surface area contributed by atoms with Gasteiger partial charge < -0.3 is 11.1 Å². The van der Waals surface area contributed by atoms with Crippen molar-refractivity contribution in [3.05, 3.63) is 27.7 Å². The number of nitrogen functional groups attached to an aromatic ring is 1. The van der Waals surface area contributed by atoms with E-state index in [9.17, 15) is 18.0 Å². The van der Waals surface area contributed by atoms with E-state index in [0.717, 1.165) is 0 Å². The lowest BCUT2D eigenvalue weighted by molar-refractivity contribution is -0.132. The molecule has 0 atom stereocenters. The fourth-order valence-corrected chi connectivity index (χ4v) is 1.50. The van der Waals surface area contributed by atoms with Crippen molar-refractivity contribution < 1.29 is 18.0 Å². The van der Waals surface area contributed by atoms with Gasteiger partial charge in [0.1, 0.15) is 0 Å². The largest absolute Gasteiger partial charge is 0.397 e. The van der Waals surface area contributed by atoms with Crippen molar-refractivity contribution in [2.75, 3.05) is 12.3 Å². The summed E-state index contributed by atoms with van der Waals surface area (Å²) in [6, 6.07) is 2.49. The molecule has 18 heavy (non-hydrogen) atoms. The third-order valence-electron chi connectivity index (χ3n) is 2.01. The van der Waals surface area contributed by atoms with Crippen LogP contribution < -0.4 is 11.1 Å². The molecule has 3 N–H and O–H groups in total. The number of amides is 1. The van der Waals surface area contributed by atoms with Crippen molar-refractivity contribution >= 4 is 34.8 Å². The molecule has 3 nitrogen and oxygen atoms in total. The number of nitrogens with two attached hydrogens (primary N) is 1. The van der Waals surface area contributed by atoms with E-state index in [1.807, 2.05) is 0 Å². The van der Waals surface area contributed by atoms with Crippen molar-refractivity contribution in [2.45, 2.75) is 12.6 Å². The zero-order valence-electron chi connectivity index (χ0n) is 8.94. The van der Waals surface area contributed by atoms with Gasteiger partial charge in [-0.2, -0.15) is 13.2 Å². The van der Waals surface area contributed by atoms with Crippen LogP contribution in [0.25, 0.3) is 0 Å². The summed E-state index contributed by atoms with van der Waals surface area (Å²) in [7, 11) is 0.